The van der Waals surface area contributed by atoms with Crippen LogP contribution in [0, 0.1) is 5.92 Å². The number of benzene rings is 1. The minimum Gasteiger partial charge on any atom is -0.381 e. The van der Waals surface area contributed by atoms with Crippen LogP contribution >= 0.6 is 0 Å². The Bertz CT molecular complexity index is 673. The molecule has 0 aromatic heterocycles. The minimum atomic E-state index is -0.441. The number of ether oxygens (including phenoxy) is 1. The highest BCUT2D eigenvalue weighted by molar-refractivity contribution is 5.89. The molecule has 3 heterocycles. The van der Waals surface area contributed by atoms with E-state index in [0.29, 0.717) is 19.3 Å². The molecule has 2 N–H and O–H groups in total. The molecular weight excluding hydrogens is 342 g/mol. The van der Waals surface area contributed by atoms with E-state index in [1.165, 1.54) is 0 Å². The summed E-state index contributed by atoms with van der Waals surface area (Å²) in [5, 5.41) is 0. The zero-order chi connectivity index (χ0) is 18.9. The summed E-state index contributed by atoms with van der Waals surface area (Å²) >= 11 is 0. The van der Waals surface area contributed by atoms with Crippen LogP contribution in [0.15, 0.2) is 30.3 Å². The normalized spacial score (nSPS) is 24.4. The van der Waals surface area contributed by atoms with Crippen LogP contribution in [0.2, 0.25) is 0 Å². The molecule has 1 aromatic carbocycles. The van der Waals surface area contributed by atoms with Crippen molar-refractivity contribution in [2.24, 2.45) is 11.7 Å². The van der Waals surface area contributed by atoms with Gasteiger partial charge in [0.25, 0.3) is 0 Å². The van der Waals surface area contributed by atoms with Crippen molar-refractivity contribution in [3.05, 3.63) is 35.9 Å². The molecule has 3 saturated heterocycles. The lowest BCUT2D eigenvalue weighted by molar-refractivity contribution is -0.149. The zero-order valence-corrected chi connectivity index (χ0v) is 15.8. The van der Waals surface area contributed by atoms with Crippen molar-refractivity contribution in [1.82, 2.24) is 9.80 Å². The molecule has 6 nitrogen and oxygen atoms in total. The Labute approximate surface area is 160 Å². The Hall–Kier alpha value is -1.92. The second-order valence-corrected chi connectivity index (χ2v) is 8.14. The fraction of sp³-hybridized carbons (Fsp3) is 0.619. The van der Waals surface area contributed by atoms with Crippen LogP contribution in [-0.2, 0) is 19.7 Å². The Kier molecular flexibility index (Phi) is 5.19. The van der Waals surface area contributed by atoms with E-state index in [9.17, 15) is 9.59 Å². The molecule has 2 amide bonds. The average molecular weight is 371 g/mol. The third kappa shape index (κ3) is 3.48. The van der Waals surface area contributed by atoms with Crippen LogP contribution in [-0.4, -0.2) is 67.0 Å². The monoisotopic (exact) mass is 371 g/mol. The second-order valence-electron chi connectivity index (χ2n) is 8.14. The molecule has 0 unspecified atom stereocenters. The number of amides is 2. The van der Waals surface area contributed by atoms with E-state index in [4.69, 9.17) is 10.5 Å². The molecule has 0 aliphatic carbocycles. The molecule has 0 spiro atoms. The third-order valence-electron chi connectivity index (χ3n) is 6.68. The summed E-state index contributed by atoms with van der Waals surface area (Å²) in [6.45, 7) is 4.65. The Morgan fingerprint density at radius 3 is 2.26 bits per heavy atom. The summed E-state index contributed by atoms with van der Waals surface area (Å²) in [4.78, 5) is 29.2. The third-order valence-corrected chi connectivity index (χ3v) is 6.68. The maximum atomic E-state index is 13.5. The van der Waals surface area contributed by atoms with Gasteiger partial charge in [0.2, 0.25) is 11.8 Å². The van der Waals surface area contributed by atoms with E-state index in [1.807, 2.05) is 23.1 Å². The number of piperidine rings is 1. The van der Waals surface area contributed by atoms with Crippen LogP contribution in [0.4, 0.5) is 0 Å². The number of rotatable bonds is 4. The van der Waals surface area contributed by atoms with Crippen molar-refractivity contribution < 1.29 is 14.3 Å². The van der Waals surface area contributed by atoms with E-state index in [2.05, 4.69) is 17.0 Å². The molecule has 4 rings (SSSR count). The maximum absolute atomic E-state index is 13.5. The Morgan fingerprint density at radius 2 is 1.67 bits per heavy atom. The number of carbonyl (C=O) groups excluding carboxylic acids is 2. The van der Waals surface area contributed by atoms with Gasteiger partial charge in [-0.25, -0.2) is 0 Å². The molecule has 0 saturated carbocycles. The number of hydrogen-bond donors (Lipinski definition) is 1. The minimum absolute atomic E-state index is 0.0163. The highest BCUT2D eigenvalue weighted by Crippen LogP contribution is 2.38. The lowest BCUT2D eigenvalue weighted by Crippen LogP contribution is -2.65. The lowest BCUT2D eigenvalue weighted by atomic mass is 9.72. The van der Waals surface area contributed by atoms with Gasteiger partial charge in [0.05, 0.1) is 5.41 Å². The highest BCUT2D eigenvalue weighted by Gasteiger charge is 2.48. The Morgan fingerprint density at radius 1 is 1.04 bits per heavy atom. The van der Waals surface area contributed by atoms with Crippen molar-refractivity contribution in [3.63, 3.8) is 0 Å². The summed E-state index contributed by atoms with van der Waals surface area (Å²) in [5.74, 6) is 0.0901. The maximum Gasteiger partial charge on any atom is 0.233 e. The van der Waals surface area contributed by atoms with Gasteiger partial charge in [-0.2, -0.15) is 0 Å². The average Bonchev–Trinajstić information content (AvgIpc) is 2.68. The van der Waals surface area contributed by atoms with E-state index < -0.39 is 5.41 Å². The molecule has 3 aliphatic rings. The summed E-state index contributed by atoms with van der Waals surface area (Å²) in [7, 11) is 0. The van der Waals surface area contributed by atoms with E-state index >= 15 is 0 Å². The van der Waals surface area contributed by atoms with Crippen LogP contribution in [0.25, 0.3) is 0 Å². The predicted molar refractivity (Wildman–Crippen MR) is 102 cm³/mol. The number of primary amides is 1. The van der Waals surface area contributed by atoms with E-state index in [1.54, 1.807) is 0 Å². The molecule has 6 heteroatoms. The van der Waals surface area contributed by atoms with E-state index in [-0.39, 0.29) is 17.7 Å². The summed E-state index contributed by atoms with van der Waals surface area (Å²) < 4.78 is 5.56. The standard InChI is InChI=1S/C21H29N3O3/c22-19(25)16-6-10-23(11-7-16)18-14-24(15-18)20(26)21(8-12-27-13-9-21)17-4-2-1-3-5-17/h1-5,16,18H,6-15H2,(H2,22,25). The first-order chi connectivity index (χ1) is 13.1. The van der Waals surface area contributed by atoms with Gasteiger partial charge in [0.15, 0.2) is 0 Å². The van der Waals surface area contributed by atoms with Crippen molar-refractivity contribution in [1.29, 1.82) is 0 Å². The lowest BCUT2D eigenvalue weighted by Gasteiger charge is -2.50. The largest absolute Gasteiger partial charge is 0.381 e. The van der Waals surface area contributed by atoms with Crippen molar-refractivity contribution in [2.75, 3.05) is 39.4 Å². The van der Waals surface area contributed by atoms with Gasteiger partial charge in [0, 0.05) is 38.3 Å². The van der Waals surface area contributed by atoms with Gasteiger partial charge in [-0.3, -0.25) is 14.5 Å². The van der Waals surface area contributed by atoms with Crippen LogP contribution in [0.3, 0.4) is 0 Å². The molecule has 0 atom stereocenters. The summed E-state index contributed by atoms with van der Waals surface area (Å²) in [6.07, 6.45) is 3.18. The molecule has 27 heavy (non-hydrogen) atoms. The van der Waals surface area contributed by atoms with Gasteiger partial charge < -0.3 is 15.4 Å². The molecule has 0 bridgehead atoms. The topological polar surface area (TPSA) is 75.9 Å². The van der Waals surface area contributed by atoms with Gasteiger partial charge in [-0.1, -0.05) is 30.3 Å². The van der Waals surface area contributed by atoms with Gasteiger partial charge in [-0.05, 0) is 44.3 Å². The van der Waals surface area contributed by atoms with Crippen molar-refractivity contribution in [3.8, 4) is 0 Å². The molecular formula is C21H29N3O3. The predicted octanol–water partition coefficient (Wildman–Crippen LogP) is 1.14. The first-order valence-electron chi connectivity index (χ1n) is 10.1. The molecule has 3 aliphatic heterocycles. The highest BCUT2D eigenvalue weighted by atomic mass is 16.5. The van der Waals surface area contributed by atoms with Crippen molar-refractivity contribution in [2.45, 2.75) is 37.1 Å². The van der Waals surface area contributed by atoms with Gasteiger partial charge >= 0.3 is 0 Å². The van der Waals surface area contributed by atoms with E-state index in [0.717, 1.165) is 57.4 Å². The molecule has 3 fully saturated rings. The van der Waals surface area contributed by atoms with Crippen LogP contribution < -0.4 is 5.73 Å². The molecule has 1 aromatic rings. The van der Waals surface area contributed by atoms with Crippen LogP contribution in [0.5, 0.6) is 0 Å². The second kappa shape index (κ2) is 7.60. The number of nitrogens with two attached hydrogens (primary N) is 1. The van der Waals surface area contributed by atoms with Gasteiger partial charge in [0.1, 0.15) is 0 Å². The number of likely N-dealkylation sites (tertiary alicyclic amines) is 2. The summed E-state index contributed by atoms with van der Waals surface area (Å²) in [5.41, 5.74) is 6.10. The first-order valence-corrected chi connectivity index (χ1v) is 10.1. The zero-order valence-electron chi connectivity index (χ0n) is 15.8. The SMILES string of the molecule is NC(=O)C1CCN(C2CN(C(=O)C3(c4ccccc4)CCOCC3)C2)CC1. The molecule has 146 valence electrons. The van der Waals surface area contributed by atoms with Crippen molar-refractivity contribution >= 4 is 11.8 Å². The quantitative estimate of drug-likeness (QED) is 0.861. The van der Waals surface area contributed by atoms with Gasteiger partial charge in [-0.15, -0.1) is 0 Å². The number of hydrogen-bond acceptors (Lipinski definition) is 4. The Balaban J connectivity index is 1.39. The first kappa shape index (κ1) is 18.4. The summed E-state index contributed by atoms with van der Waals surface area (Å²) in [6, 6.07) is 10.6. The number of nitrogens with zero attached hydrogens (tertiary/aromatic N) is 2. The van der Waals surface area contributed by atoms with Crippen LogP contribution in [0.1, 0.15) is 31.2 Å². The molecule has 0 radical (unpaired) electrons. The fourth-order valence-electron chi connectivity index (χ4n) is 4.81. The number of carbonyl (C=O) groups is 2. The smallest absolute Gasteiger partial charge is 0.233 e. The fourth-order valence-corrected chi connectivity index (χ4v) is 4.81.